The minimum absolute atomic E-state index is 0.128. The number of amides is 1. The van der Waals surface area contributed by atoms with Crippen LogP contribution in [0.1, 0.15) is 6.92 Å². The van der Waals surface area contributed by atoms with Gasteiger partial charge in [0.15, 0.2) is 11.0 Å². The van der Waals surface area contributed by atoms with Gasteiger partial charge in [0.1, 0.15) is 0 Å². The van der Waals surface area contributed by atoms with E-state index in [9.17, 15) is 4.79 Å². The zero-order valence-electron chi connectivity index (χ0n) is 14.3. The molecule has 3 rings (SSSR count). The Bertz CT molecular complexity index is 916. The minimum Gasteiger partial charge on any atom is -0.344 e. The summed E-state index contributed by atoms with van der Waals surface area (Å²) < 4.78 is 1.96. The van der Waals surface area contributed by atoms with Crippen molar-refractivity contribution in [3.05, 3.63) is 60.7 Å². The highest BCUT2D eigenvalue weighted by atomic mass is 32.2. The first-order chi connectivity index (χ1) is 12.7. The molecule has 1 aromatic heterocycles. The first kappa shape index (κ1) is 17.8. The molecular weight excluding hydrogens is 344 g/mol. The Morgan fingerprint density at radius 2 is 1.81 bits per heavy atom. The maximum atomic E-state index is 12.1. The molecule has 0 saturated carbocycles. The molecule has 1 N–H and O–H groups in total. The van der Waals surface area contributed by atoms with Crippen molar-refractivity contribution < 1.29 is 4.79 Å². The third-order valence-corrected chi connectivity index (χ3v) is 4.74. The van der Waals surface area contributed by atoms with E-state index in [1.165, 1.54) is 11.8 Å². The number of benzene rings is 2. The Morgan fingerprint density at radius 3 is 2.46 bits per heavy atom. The monoisotopic (exact) mass is 362 g/mol. The summed E-state index contributed by atoms with van der Waals surface area (Å²) in [7, 11) is 0. The van der Waals surface area contributed by atoms with E-state index in [4.69, 9.17) is 6.42 Å². The number of carbonyl (C=O) groups excluding carboxylic acids is 1. The second kappa shape index (κ2) is 8.37. The van der Waals surface area contributed by atoms with Crippen LogP contribution in [0, 0.1) is 12.3 Å². The standard InChI is InChI=1S/C20H18N4OS/c1-3-14-21-19(25)15(2)26-20-23-22-18(16-10-6-4-7-11-16)24(20)17-12-8-5-9-13-17/h1,4-13,15H,14H2,2H3,(H,21,25). The van der Waals surface area contributed by atoms with E-state index in [0.29, 0.717) is 5.16 Å². The molecule has 130 valence electrons. The van der Waals surface area contributed by atoms with E-state index < -0.39 is 0 Å². The molecular formula is C20H18N4OS. The van der Waals surface area contributed by atoms with Crippen LogP contribution in [-0.4, -0.2) is 32.5 Å². The highest BCUT2D eigenvalue weighted by molar-refractivity contribution is 8.00. The van der Waals surface area contributed by atoms with E-state index >= 15 is 0 Å². The molecule has 0 aliphatic heterocycles. The fourth-order valence-electron chi connectivity index (χ4n) is 2.42. The molecule has 0 radical (unpaired) electrons. The molecule has 6 heteroatoms. The van der Waals surface area contributed by atoms with Gasteiger partial charge in [0.05, 0.1) is 11.8 Å². The Hall–Kier alpha value is -3.04. The molecule has 1 heterocycles. The normalized spacial score (nSPS) is 11.5. The number of hydrogen-bond donors (Lipinski definition) is 1. The third kappa shape index (κ3) is 3.95. The Morgan fingerprint density at radius 1 is 1.15 bits per heavy atom. The molecule has 2 aromatic carbocycles. The van der Waals surface area contributed by atoms with E-state index in [1.807, 2.05) is 72.2 Å². The van der Waals surface area contributed by atoms with Crippen molar-refractivity contribution in [2.75, 3.05) is 6.54 Å². The first-order valence-electron chi connectivity index (χ1n) is 8.15. The lowest BCUT2D eigenvalue weighted by Gasteiger charge is -2.13. The van der Waals surface area contributed by atoms with Crippen molar-refractivity contribution in [1.82, 2.24) is 20.1 Å². The maximum absolute atomic E-state index is 12.1. The Kier molecular flexibility index (Phi) is 5.72. The number of carbonyl (C=O) groups is 1. The van der Waals surface area contributed by atoms with Gasteiger partial charge in [-0.15, -0.1) is 16.6 Å². The Balaban J connectivity index is 1.97. The molecule has 0 aliphatic rings. The lowest BCUT2D eigenvalue weighted by molar-refractivity contribution is -0.120. The fraction of sp³-hybridized carbons (Fsp3) is 0.150. The van der Waals surface area contributed by atoms with Crippen molar-refractivity contribution in [2.24, 2.45) is 0 Å². The smallest absolute Gasteiger partial charge is 0.234 e. The zero-order valence-corrected chi connectivity index (χ0v) is 15.1. The summed E-state index contributed by atoms with van der Waals surface area (Å²) in [4.78, 5) is 12.1. The van der Waals surface area contributed by atoms with Crippen LogP contribution in [-0.2, 0) is 4.79 Å². The van der Waals surface area contributed by atoms with Gasteiger partial charge < -0.3 is 5.32 Å². The number of nitrogens with one attached hydrogen (secondary N) is 1. The molecule has 1 amide bonds. The van der Waals surface area contributed by atoms with Crippen LogP contribution >= 0.6 is 11.8 Å². The van der Waals surface area contributed by atoms with Crippen molar-refractivity contribution in [3.8, 4) is 29.4 Å². The van der Waals surface area contributed by atoms with E-state index in [1.54, 1.807) is 0 Å². The van der Waals surface area contributed by atoms with Gasteiger partial charge in [0.2, 0.25) is 5.91 Å². The molecule has 26 heavy (non-hydrogen) atoms. The lowest BCUT2D eigenvalue weighted by atomic mass is 10.2. The number of hydrogen-bond acceptors (Lipinski definition) is 4. The largest absolute Gasteiger partial charge is 0.344 e. The molecule has 0 saturated heterocycles. The average Bonchev–Trinajstić information content (AvgIpc) is 3.10. The molecule has 0 bridgehead atoms. The van der Waals surface area contributed by atoms with Gasteiger partial charge in [-0.1, -0.05) is 66.2 Å². The second-order valence-corrected chi connectivity index (χ2v) is 6.83. The summed E-state index contributed by atoms with van der Waals surface area (Å²) in [6.07, 6.45) is 5.20. The first-order valence-corrected chi connectivity index (χ1v) is 9.02. The minimum atomic E-state index is -0.348. The van der Waals surface area contributed by atoms with Crippen molar-refractivity contribution >= 4 is 17.7 Å². The molecule has 5 nitrogen and oxygen atoms in total. The predicted molar refractivity (Wildman–Crippen MR) is 104 cm³/mol. The topological polar surface area (TPSA) is 59.8 Å². The quantitative estimate of drug-likeness (QED) is 0.540. The molecule has 1 unspecified atom stereocenters. The molecule has 0 fully saturated rings. The summed E-state index contributed by atoms with van der Waals surface area (Å²) in [5.41, 5.74) is 1.90. The predicted octanol–water partition coefficient (Wildman–Crippen LogP) is 3.16. The van der Waals surface area contributed by atoms with Crippen LogP contribution in [0.2, 0.25) is 0 Å². The van der Waals surface area contributed by atoms with Crippen LogP contribution in [0.3, 0.4) is 0 Å². The second-order valence-electron chi connectivity index (χ2n) is 5.53. The van der Waals surface area contributed by atoms with Gasteiger partial charge in [-0.25, -0.2) is 0 Å². The number of nitrogens with zero attached hydrogens (tertiary/aromatic N) is 3. The van der Waals surface area contributed by atoms with Gasteiger partial charge in [0.25, 0.3) is 0 Å². The van der Waals surface area contributed by atoms with Gasteiger partial charge in [0, 0.05) is 11.3 Å². The van der Waals surface area contributed by atoms with Crippen LogP contribution in [0.4, 0.5) is 0 Å². The summed E-state index contributed by atoms with van der Waals surface area (Å²) >= 11 is 1.35. The van der Waals surface area contributed by atoms with Crippen LogP contribution in [0.15, 0.2) is 65.8 Å². The van der Waals surface area contributed by atoms with Gasteiger partial charge in [-0.05, 0) is 19.1 Å². The zero-order chi connectivity index (χ0) is 18.4. The molecule has 0 aliphatic carbocycles. The highest BCUT2D eigenvalue weighted by Gasteiger charge is 2.21. The number of aromatic nitrogens is 3. The SMILES string of the molecule is C#CCNC(=O)C(C)Sc1nnc(-c2ccccc2)n1-c1ccccc1. The van der Waals surface area contributed by atoms with Gasteiger partial charge in [-0.3, -0.25) is 9.36 Å². The number of para-hydroxylation sites is 1. The van der Waals surface area contributed by atoms with Gasteiger partial charge in [-0.2, -0.15) is 0 Å². The maximum Gasteiger partial charge on any atom is 0.234 e. The molecule has 3 aromatic rings. The highest BCUT2D eigenvalue weighted by Crippen LogP contribution is 2.29. The molecule has 1 atom stereocenters. The van der Waals surface area contributed by atoms with Crippen LogP contribution in [0.25, 0.3) is 17.1 Å². The average molecular weight is 362 g/mol. The van der Waals surface area contributed by atoms with Crippen LogP contribution < -0.4 is 5.32 Å². The molecule has 0 spiro atoms. The third-order valence-electron chi connectivity index (χ3n) is 3.70. The van der Waals surface area contributed by atoms with E-state index in [-0.39, 0.29) is 17.7 Å². The van der Waals surface area contributed by atoms with Crippen molar-refractivity contribution in [1.29, 1.82) is 0 Å². The number of rotatable bonds is 6. The van der Waals surface area contributed by atoms with Crippen LogP contribution in [0.5, 0.6) is 0 Å². The summed E-state index contributed by atoms with van der Waals surface area (Å²) in [5, 5.41) is 11.7. The summed E-state index contributed by atoms with van der Waals surface area (Å²) in [6, 6.07) is 19.7. The van der Waals surface area contributed by atoms with E-state index in [2.05, 4.69) is 21.4 Å². The lowest BCUT2D eigenvalue weighted by Crippen LogP contribution is -2.31. The van der Waals surface area contributed by atoms with Gasteiger partial charge >= 0.3 is 0 Å². The summed E-state index contributed by atoms with van der Waals surface area (Å²) in [5.74, 6) is 3.01. The number of terminal acetylenes is 1. The summed E-state index contributed by atoms with van der Waals surface area (Å²) in [6.45, 7) is 2.03. The Labute approximate surface area is 156 Å². The fourth-order valence-corrected chi connectivity index (χ4v) is 3.32. The van der Waals surface area contributed by atoms with E-state index in [0.717, 1.165) is 17.1 Å². The van der Waals surface area contributed by atoms with Crippen molar-refractivity contribution in [3.63, 3.8) is 0 Å². The van der Waals surface area contributed by atoms with Crippen molar-refractivity contribution in [2.45, 2.75) is 17.3 Å². The number of thioether (sulfide) groups is 1.